The van der Waals surface area contributed by atoms with Crippen molar-refractivity contribution in [3.05, 3.63) is 11.7 Å². The van der Waals surface area contributed by atoms with Crippen molar-refractivity contribution in [2.24, 2.45) is 11.7 Å². The van der Waals surface area contributed by atoms with Crippen LogP contribution in [-0.2, 0) is 4.74 Å². The van der Waals surface area contributed by atoms with Crippen LogP contribution in [0.5, 0.6) is 0 Å². The topological polar surface area (TPSA) is 91.2 Å². The second-order valence-corrected chi connectivity index (χ2v) is 4.56. The molecule has 1 aliphatic carbocycles. The number of nitrogens with zero attached hydrogens (tertiary/aromatic N) is 2. The molecule has 0 radical (unpaired) electrons. The Bertz CT molecular complexity index is 405. The number of ether oxygens (including phenoxy) is 1. The first-order chi connectivity index (χ1) is 8.76. The number of carbonyl (C=O) groups excluding carboxylic acids is 1. The summed E-state index contributed by atoms with van der Waals surface area (Å²) in [6.07, 6.45) is 4.40. The van der Waals surface area contributed by atoms with E-state index in [1.165, 1.54) is 6.42 Å². The smallest absolute Gasteiger partial charge is 0.379 e. The average molecular weight is 253 g/mol. The molecule has 1 aromatic heterocycles. The Hall–Kier alpha value is -1.43. The van der Waals surface area contributed by atoms with E-state index in [0.29, 0.717) is 25.0 Å². The molecule has 6 nitrogen and oxygen atoms in total. The maximum atomic E-state index is 11.5. The molecule has 1 heterocycles. The maximum absolute atomic E-state index is 11.5. The molecule has 1 aliphatic rings. The van der Waals surface area contributed by atoms with E-state index in [9.17, 15) is 4.79 Å². The maximum Gasteiger partial charge on any atom is 0.379 e. The Balaban J connectivity index is 2.10. The fourth-order valence-electron chi connectivity index (χ4n) is 2.48. The van der Waals surface area contributed by atoms with Gasteiger partial charge in [0.1, 0.15) is 0 Å². The van der Waals surface area contributed by atoms with E-state index >= 15 is 0 Å². The molecule has 0 bridgehead atoms. The lowest BCUT2D eigenvalue weighted by molar-refractivity contribution is 0.0508. The van der Waals surface area contributed by atoms with Crippen LogP contribution in [0.4, 0.5) is 0 Å². The van der Waals surface area contributed by atoms with Gasteiger partial charge < -0.3 is 15.0 Å². The first-order valence-corrected chi connectivity index (χ1v) is 6.47. The minimum absolute atomic E-state index is 0.00759. The quantitative estimate of drug-likeness (QED) is 0.817. The van der Waals surface area contributed by atoms with Crippen LogP contribution in [0.2, 0.25) is 0 Å². The summed E-state index contributed by atoms with van der Waals surface area (Å²) in [4.78, 5) is 15.6. The first-order valence-electron chi connectivity index (χ1n) is 6.47. The standard InChI is InChI=1S/C12H19N3O3/c1-2-17-12(16)10-14-11(18-15-10)9-6-4-3-5-8(9)7-13/h8-9H,2-7,13H2,1H3. The number of nitrogens with two attached hydrogens (primary N) is 1. The number of esters is 1. The van der Waals surface area contributed by atoms with E-state index in [1.807, 2.05) is 0 Å². The third-order valence-electron chi connectivity index (χ3n) is 3.43. The second-order valence-electron chi connectivity index (χ2n) is 4.56. The molecule has 2 N–H and O–H groups in total. The van der Waals surface area contributed by atoms with Gasteiger partial charge in [0.15, 0.2) is 0 Å². The van der Waals surface area contributed by atoms with E-state index in [2.05, 4.69) is 10.1 Å². The van der Waals surface area contributed by atoms with Crippen molar-refractivity contribution in [1.82, 2.24) is 10.1 Å². The molecule has 0 aliphatic heterocycles. The van der Waals surface area contributed by atoms with E-state index in [1.54, 1.807) is 6.92 Å². The van der Waals surface area contributed by atoms with Gasteiger partial charge in [-0.15, -0.1) is 0 Å². The molecule has 100 valence electrons. The SMILES string of the molecule is CCOC(=O)c1noc(C2CCCCC2CN)n1. The third kappa shape index (κ3) is 2.69. The van der Waals surface area contributed by atoms with Gasteiger partial charge in [-0.25, -0.2) is 4.79 Å². The Kier molecular flexibility index (Phi) is 4.30. The molecular weight excluding hydrogens is 234 g/mol. The Morgan fingerprint density at radius 1 is 1.50 bits per heavy atom. The van der Waals surface area contributed by atoms with Crippen LogP contribution in [-0.4, -0.2) is 29.3 Å². The van der Waals surface area contributed by atoms with Crippen LogP contribution < -0.4 is 5.73 Å². The van der Waals surface area contributed by atoms with Gasteiger partial charge in [-0.3, -0.25) is 0 Å². The molecule has 0 amide bonds. The van der Waals surface area contributed by atoms with Gasteiger partial charge in [-0.2, -0.15) is 4.98 Å². The van der Waals surface area contributed by atoms with Gasteiger partial charge in [0, 0.05) is 5.92 Å². The predicted octanol–water partition coefficient (Wildman–Crippen LogP) is 1.48. The van der Waals surface area contributed by atoms with Crippen molar-refractivity contribution in [2.45, 2.75) is 38.5 Å². The summed E-state index contributed by atoms with van der Waals surface area (Å²) in [6, 6.07) is 0. The number of carbonyl (C=O) groups is 1. The minimum atomic E-state index is -0.535. The minimum Gasteiger partial charge on any atom is -0.460 e. The molecule has 1 fully saturated rings. The van der Waals surface area contributed by atoms with E-state index in [0.717, 1.165) is 19.3 Å². The second kappa shape index (κ2) is 5.95. The average Bonchev–Trinajstić information content (AvgIpc) is 2.88. The lowest BCUT2D eigenvalue weighted by Crippen LogP contribution is -2.25. The highest BCUT2D eigenvalue weighted by atomic mass is 16.5. The van der Waals surface area contributed by atoms with Crippen LogP contribution in [0, 0.1) is 5.92 Å². The first kappa shape index (κ1) is 13.0. The number of hydrogen-bond donors (Lipinski definition) is 1. The lowest BCUT2D eigenvalue weighted by atomic mass is 9.79. The summed E-state index contributed by atoms with van der Waals surface area (Å²) in [7, 11) is 0. The molecule has 0 aromatic carbocycles. The van der Waals surface area contributed by atoms with Crippen molar-refractivity contribution in [3.8, 4) is 0 Å². The summed E-state index contributed by atoms with van der Waals surface area (Å²) < 4.78 is 10.0. The van der Waals surface area contributed by atoms with Crippen LogP contribution in [0.15, 0.2) is 4.52 Å². The van der Waals surface area contributed by atoms with Crippen molar-refractivity contribution < 1.29 is 14.1 Å². The van der Waals surface area contributed by atoms with Crippen LogP contribution in [0.3, 0.4) is 0 Å². The molecule has 2 atom stereocenters. The van der Waals surface area contributed by atoms with Crippen molar-refractivity contribution in [1.29, 1.82) is 0 Å². The largest absolute Gasteiger partial charge is 0.460 e. The Morgan fingerprint density at radius 2 is 2.28 bits per heavy atom. The number of aromatic nitrogens is 2. The van der Waals surface area contributed by atoms with Crippen LogP contribution in [0.1, 0.15) is 55.0 Å². The Labute approximate surface area is 106 Å². The van der Waals surface area contributed by atoms with Crippen LogP contribution >= 0.6 is 0 Å². The van der Waals surface area contributed by atoms with Gasteiger partial charge >= 0.3 is 5.97 Å². The summed E-state index contributed by atoms with van der Waals surface area (Å²) in [5, 5.41) is 3.68. The van der Waals surface area contributed by atoms with Gasteiger partial charge in [-0.1, -0.05) is 12.8 Å². The monoisotopic (exact) mass is 253 g/mol. The highest BCUT2D eigenvalue weighted by Crippen LogP contribution is 2.36. The van der Waals surface area contributed by atoms with Crippen molar-refractivity contribution in [3.63, 3.8) is 0 Å². The zero-order valence-electron chi connectivity index (χ0n) is 10.6. The lowest BCUT2D eigenvalue weighted by Gasteiger charge is -2.27. The van der Waals surface area contributed by atoms with Gasteiger partial charge in [0.05, 0.1) is 6.61 Å². The van der Waals surface area contributed by atoms with E-state index < -0.39 is 5.97 Å². The zero-order valence-corrected chi connectivity index (χ0v) is 10.6. The predicted molar refractivity (Wildman–Crippen MR) is 64.0 cm³/mol. The molecule has 2 rings (SSSR count). The third-order valence-corrected chi connectivity index (χ3v) is 3.43. The normalized spacial score (nSPS) is 23.9. The van der Waals surface area contributed by atoms with Crippen LogP contribution in [0.25, 0.3) is 0 Å². The van der Waals surface area contributed by atoms with Crippen molar-refractivity contribution in [2.75, 3.05) is 13.2 Å². The summed E-state index contributed by atoms with van der Waals surface area (Å²) >= 11 is 0. The molecule has 1 aromatic rings. The molecule has 18 heavy (non-hydrogen) atoms. The van der Waals surface area contributed by atoms with Gasteiger partial charge in [0.25, 0.3) is 5.82 Å². The van der Waals surface area contributed by atoms with E-state index in [-0.39, 0.29) is 11.7 Å². The number of rotatable bonds is 4. The fraction of sp³-hybridized carbons (Fsp3) is 0.750. The molecule has 1 saturated carbocycles. The Morgan fingerprint density at radius 3 is 3.00 bits per heavy atom. The summed E-state index contributed by atoms with van der Waals surface area (Å²) in [5.74, 6) is 0.544. The summed E-state index contributed by atoms with van der Waals surface area (Å²) in [5.41, 5.74) is 5.76. The highest BCUT2D eigenvalue weighted by molar-refractivity contribution is 5.84. The summed E-state index contributed by atoms with van der Waals surface area (Å²) in [6.45, 7) is 2.66. The molecule has 2 unspecified atom stereocenters. The fourth-order valence-corrected chi connectivity index (χ4v) is 2.48. The van der Waals surface area contributed by atoms with Gasteiger partial charge in [-0.05, 0) is 37.4 Å². The van der Waals surface area contributed by atoms with E-state index in [4.69, 9.17) is 15.0 Å². The van der Waals surface area contributed by atoms with Gasteiger partial charge in [0.2, 0.25) is 5.89 Å². The van der Waals surface area contributed by atoms with Crippen molar-refractivity contribution >= 4 is 5.97 Å². The molecule has 0 spiro atoms. The zero-order chi connectivity index (χ0) is 13.0. The molecule has 0 saturated heterocycles. The molecular formula is C12H19N3O3. The number of hydrogen-bond acceptors (Lipinski definition) is 6. The molecule has 6 heteroatoms. The highest BCUT2D eigenvalue weighted by Gasteiger charge is 2.30.